The molecule has 0 radical (unpaired) electrons. The van der Waals surface area contributed by atoms with Gasteiger partial charge in [-0.15, -0.1) is 11.3 Å². The van der Waals surface area contributed by atoms with E-state index in [-0.39, 0.29) is 29.3 Å². The van der Waals surface area contributed by atoms with Crippen molar-refractivity contribution in [3.8, 4) is 16.2 Å². The molecule has 0 bridgehead atoms. The predicted octanol–water partition coefficient (Wildman–Crippen LogP) is 5.61. The number of halogens is 3. The Labute approximate surface area is 199 Å². The SMILES string of the molecule is Cc1csc(-c2ccc3c(c2)CN(C(=O)c2cc(S(C)(=O)=O)ccc2O[C@@H](C)C(F)(F)F)C3)c1. The van der Waals surface area contributed by atoms with Crippen LogP contribution in [0.25, 0.3) is 10.4 Å². The Balaban J connectivity index is 1.65. The molecule has 1 aliphatic heterocycles. The average Bonchev–Trinajstić information content (AvgIpc) is 3.37. The molecule has 1 amide bonds. The van der Waals surface area contributed by atoms with Gasteiger partial charge < -0.3 is 9.64 Å². The number of rotatable bonds is 5. The lowest BCUT2D eigenvalue weighted by molar-refractivity contribution is -0.189. The number of hydrogen-bond acceptors (Lipinski definition) is 5. The molecule has 34 heavy (non-hydrogen) atoms. The van der Waals surface area contributed by atoms with E-state index >= 15 is 0 Å². The summed E-state index contributed by atoms with van der Waals surface area (Å²) in [7, 11) is -3.69. The second kappa shape index (κ2) is 8.74. The van der Waals surface area contributed by atoms with Crippen molar-refractivity contribution in [2.24, 2.45) is 0 Å². The van der Waals surface area contributed by atoms with Crippen molar-refractivity contribution in [1.82, 2.24) is 4.90 Å². The van der Waals surface area contributed by atoms with Crippen molar-refractivity contribution in [3.05, 3.63) is 70.1 Å². The van der Waals surface area contributed by atoms with Gasteiger partial charge in [0.1, 0.15) is 5.75 Å². The fourth-order valence-electron chi connectivity index (χ4n) is 3.71. The van der Waals surface area contributed by atoms with E-state index in [0.717, 1.165) is 58.5 Å². The minimum Gasteiger partial charge on any atom is -0.480 e. The highest BCUT2D eigenvalue weighted by Crippen LogP contribution is 2.34. The Morgan fingerprint density at radius 2 is 1.79 bits per heavy atom. The Bertz CT molecular complexity index is 1360. The first kappa shape index (κ1) is 24.3. The van der Waals surface area contributed by atoms with Gasteiger partial charge in [0.25, 0.3) is 5.91 Å². The quantitative estimate of drug-likeness (QED) is 0.448. The van der Waals surface area contributed by atoms with Gasteiger partial charge in [0, 0.05) is 24.2 Å². The third kappa shape index (κ3) is 4.97. The van der Waals surface area contributed by atoms with Gasteiger partial charge in [-0.25, -0.2) is 8.42 Å². The number of ether oxygens (including phenoxy) is 1. The molecule has 1 aliphatic rings. The number of carbonyl (C=O) groups is 1. The van der Waals surface area contributed by atoms with Crippen LogP contribution in [0.4, 0.5) is 13.2 Å². The van der Waals surface area contributed by atoms with Gasteiger partial charge in [-0.05, 0) is 71.8 Å². The Morgan fingerprint density at radius 3 is 2.41 bits per heavy atom. The van der Waals surface area contributed by atoms with Crippen LogP contribution >= 0.6 is 11.3 Å². The monoisotopic (exact) mass is 509 g/mol. The Kier molecular flexibility index (Phi) is 6.24. The van der Waals surface area contributed by atoms with E-state index in [1.165, 1.54) is 4.90 Å². The molecule has 0 unspecified atom stereocenters. The van der Waals surface area contributed by atoms with Crippen LogP contribution in [0.15, 0.2) is 52.7 Å². The van der Waals surface area contributed by atoms with Crippen molar-refractivity contribution in [2.45, 2.75) is 44.1 Å². The van der Waals surface area contributed by atoms with Crippen LogP contribution in [0.2, 0.25) is 0 Å². The zero-order chi connectivity index (χ0) is 24.8. The number of amides is 1. The summed E-state index contributed by atoms with van der Waals surface area (Å²) in [5, 5.41) is 2.05. The third-order valence-electron chi connectivity index (χ3n) is 5.61. The van der Waals surface area contributed by atoms with E-state index < -0.39 is 28.0 Å². The summed E-state index contributed by atoms with van der Waals surface area (Å²) in [5.74, 6) is -0.910. The summed E-state index contributed by atoms with van der Waals surface area (Å²) >= 11 is 1.62. The molecule has 180 valence electrons. The van der Waals surface area contributed by atoms with Gasteiger partial charge >= 0.3 is 6.18 Å². The average molecular weight is 510 g/mol. The van der Waals surface area contributed by atoms with E-state index in [9.17, 15) is 26.4 Å². The molecular weight excluding hydrogens is 487 g/mol. The van der Waals surface area contributed by atoms with Crippen molar-refractivity contribution >= 4 is 27.1 Å². The first-order chi connectivity index (χ1) is 15.8. The lowest BCUT2D eigenvalue weighted by Gasteiger charge is -2.22. The fraction of sp³-hybridized carbons (Fsp3) is 0.292. The highest BCUT2D eigenvalue weighted by atomic mass is 32.2. The number of nitrogens with zero attached hydrogens (tertiary/aromatic N) is 1. The maximum Gasteiger partial charge on any atom is 0.425 e. The molecule has 2 heterocycles. The number of alkyl halides is 3. The van der Waals surface area contributed by atoms with Gasteiger partial charge in [0.15, 0.2) is 15.9 Å². The molecule has 0 N–H and O–H groups in total. The summed E-state index contributed by atoms with van der Waals surface area (Å²) in [5.41, 5.74) is 3.82. The molecule has 3 aromatic rings. The first-order valence-electron chi connectivity index (χ1n) is 10.4. The number of carbonyl (C=O) groups excluding carboxylic acids is 1. The number of aryl methyl sites for hydroxylation is 1. The standard InChI is InChI=1S/C24H22F3NO4S2/c1-14-8-22(33-13-14)16-4-5-17-11-28(12-18(17)9-16)23(29)20-10-19(34(3,30)31)6-7-21(20)32-15(2)24(25,26)27/h4-10,13,15H,11-12H2,1-3H3/t15-/m0/s1. The topological polar surface area (TPSA) is 63.7 Å². The van der Waals surface area contributed by atoms with Gasteiger partial charge in [-0.2, -0.15) is 13.2 Å². The first-order valence-corrected chi connectivity index (χ1v) is 13.1. The molecule has 0 saturated heterocycles. The highest BCUT2D eigenvalue weighted by molar-refractivity contribution is 7.90. The third-order valence-corrected chi connectivity index (χ3v) is 7.81. The zero-order valence-electron chi connectivity index (χ0n) is 18.6. The summed E-state index contributed by atoms with van der Waals surface area (Å²) in [6, 6.07) is 11.3. The molecule has 4 rings (SSSR count). The van der Waals surface area contributed by atoms with Crippen LogP contribution in [-0.2, 0) is 22.9 Å². The number of sulfone groups is 1. The lowest BCUT2D eigenvalue weighted by atomic mass is 10.1. The zero-order valence-corrected chi connectivity index (χ0v) is 20.3. The maximum atomic E-state index is 13.4. The van der Waals surface area contributed by atoms with Crippen LogP contribution < -0.4 is 4.74 Å². The molecule has 2 aromatic carbocycles. The second-order valence-corrected chi connectivity index (χ2v) is 11.3. The van der Waals surface area contributed by atoms with Crippen LogP contribution in [0.1, 0.15) is 34.0 Å². The molecule has 5 nitrogen and oxygen atoms in total. The van der Waals surface area contributed by atoms with Crippen LogP contribution in [0.3, 0.4) is 0 Å². The number of fused-ring (bicyclic) bond motifs is 1. The molecule has 0 saturated carbocycles. The van der Waals surface area contributed by atoms with Gasteiger partial charge in [-0.1, -0.05) is 12.1 Å². The van der Waals surface area contributed by atoms with Gasteiger partial charge in [0.05, 0.1) is 10.5 Å². The molecular formula is C24H22F3NO4S2. The van der Waals surface area contributed by atoms with Crippen LogP contribution in [-0.4, -0.2) is 37.8 Å². The van der Waals surface area contributed by atoms with E-state index in [4.69, 9.17) is 4.74 Å². The van der Waals surface area contributed by atoms with E-state index in [2.05, 4.69) is 11.4 Å². The second-order valence-electron chi connectivity index (χ2n) is 8.36. The smallest absolute Gasteiger partial charge is 0.425 e. The fourth-order valence-corrected chi connectivity index (χ4v) is 5.26. The Morgan fingerprint density at radius 1 is 1.09 bits per heavy atom. The molecule has 1 atom stereocenters. The number of benzene rings is 2. The molecule has 1 aromatic heterocycles. The Hall–Kier alpha value is -2.85. The van der Waals surface area contributed by atoms with E-state index in [1.807, 2.05) is 25.1 Å². The van der Waals surface area contributed by atoms with E-state index in [0.29, 0.717) is 0 Å². The van der Waals surface area contributed by atoms with Crippen LogP contribution in [0, 0.1) is 6.92 Å². The van der Waals surface area contributed by atoms with Gasteiger partial charge in [-0.3, -0.25) is 4.79 Å². The predicted molar refractivity (Wildman–Crippen MR) is 124 cm³/mol. The summed E-state index contributed by atoms with van der Waals surface area (Å²) < 4.78 is 68.3. The molecule has 0 fully saturated rings. The normalized spacial score (nSPS) is 14.7. The molecule has 0 spiro atoms. The van der Waals surface area contributed by atoms with Crippen molar-refractivity contribution < 1.29 is 31.1 Å². The lowest BCUT2D eigenvalue weighted by Crippen LogP contribution is -2.32. The minimum atomic E-state index is -4.64. The van der Waals surface area contributed by atoms with Crippen molar-refractivity contribution in [2.75, 3.05) is 6.26 Å². The number of hydrogen-bond donors (Lipinski definition) is 0. The van der Waals surface area contributed by atoms with Crippen LogP contribution in [0.5, 0.6) is 5.75 Å². The van der Waals surface area contributed by atoms with Crippen molar-refractivity contribution in [1.29, 1.82) is 0 Å². The summed E-state index contributed by atoms with van der Waals surface area (Å²) in [4.78, 5) is 15.8. The van der Waals surface area contributed by atoms with Gasteiger partial charge in [0.2, 0.25) is 0 Å². The minimum absolute atomic E-state index is 0.171. The summed E-state index contributed by atoms with van der Waals surface area (Å²) in [6.45, 7) is 3.36. The molecule has 10 heteroatoms. The largest absolute Gasteiger partial charge is 0.480 e. The van der Waals surface area contributed by atoms with E-state index in [1.54, 1.807) is 11.3 Å². The summed E-state index contributed by atoms with van der Waals surface area (Å²) in [6.07, 6.45) is -5.85. The highest BCUT2D eigenvalue weighted by Gasteiger charge is 2.39. The molecule has 0 aliphatic carbocycles. The maximum absolute atomic E-state index is 13.4. The number of thiophene rings is 1. The van der Waals surface area contributed by atoms with Crippen molar-refractivity contribution in [3.63, 3.8) is 0 Å².